The molecule has 0 saturated heterocycles. The molecule has 0 spiro atoms. The molecule has 1 atom stereocenters. The van der Waals surface area contributed by atoms with Crippen molar-refractivity contribution < 1.29 is 4.74 Å². The molecular weight excluding hydrogens is 232 g/mol. The first kappa shape index (κ1) is 13.4. The monoisotopic (exact) mass is 251 g/mol. The SMILES string of the molecule is [CH2]c1ccccc1C(CC=C)c1cccc(OC)c1. The van der Waals surface area contributed by atoms with E-state index in [9.17, 15) is 0 Å². The Morgan fingerprint density at radius 2 is 1.95 bits per heavy atom. The number of allylic oxidation sites excluding steroid dienone is 1. The fraction of sp³-hybridized carbons (Fsp3) is 0.167. The Morgan fingerprint density at radius 1 is 1.16 bits per heavy atom. The number of hydrogen-bond donors (Lipinski definition) is 0. The highest BCUT2D eigenvalue weighted by atomic mass is 16.5. The van der Waals surface area contributed by atoms with Crippen molar-refractivity contribution in [1.82, 2.24) is 0 Å². The zero-order valence-electron chi connectivity index (χ0n) is 11.3. The molecule has 0 fully saturated rings. The lowest BCUT2D eigenvalue weighted by molar-refractivity contribution is 0.414. The van der Waals surface area contributed by atoms with E-state index < -0.39 is 0 Å². The first-order valence-corrected chi connectivity index (χ1v) is 6.42. The summed E-state index contributed by atoms with van der Waals surface area (Å²) in [5.74, 6) is 1.16. The quantitative estimate of drug-likeness (QED) is 0.706. The summed E-state index contributed by atoms with van der Waals surface area (Å²) in [6.07, 6.45) is 2.84. The van der Waals surface area contributed by atoms with Gasteiger partial charge in [0.15, 0.2) is 0 Å². The fourth-order valence-corrected chi connectivity index (χ4v) is 2.34. The average molecular weight is 251 g/mol. The maximum atomic E-state index is 5.31. The highest BCUT2D eigenvalue weighted by Gasteiger charge is 2.15. The van der Waals surface area contributed by atoms with Gasteiger partial charge in [-0.15, -0.1) is 6.58 Å². The van der Waals surface area contributed by atoms with Crippen molar-refractivity contribution in [2.24, 2.45) is 0 Å². The van der Waals surface area contributed by atoms with Gasteiger partial charge in [0.25, 0.3) is 0 Å². The van der Waals surface area contributed by atoms with E-state index in [1.54, 1.807) is 7.11 Å². The Labute approximate surface area is 115 Å². The van der Waals surface area contributed by atoms with Gasteiger partial charge in [0, 0.05) is 5.92 Å². The standard InChI is InChI=1S/C18H19O/c1-4-8-18(17-12-6-5-9-14(17)2)15-10-7-11-16(13-15)19-3/h4-7,9-13,18H,1-2,8H2,3H3. The van der Waals surface area contributed by atoms with Crippen LogP contribution in [-0.4, -0.2) is 7.11 Å². The van der Waals surface area contributed by atoms with Crippen molar-refractivity contribution in [2.45, 2.75) is 12.3 Å². The van der Waals surface area contributed by atoms with Crippen LogP contribution >= 0.6 is 0 Å². The zero-order chi connectivity index (χ0) is 13.7. The van der Waals surface area contributed by atoms with Crippen molar-refractivity contribution in [3.8, 4) is 5.75 Å². The summed E-state index contributed by atoms with van der Waals surface area (Å²) in [5, 5.41) is 0. The summed E-state index contributed by atoms with van der Waals surface area (Å²) in [6.45, 7) is 8.00. The summed E-state index contributed by atoms with van der Waals surface area (Å²) in [4.78, 5) is 0. The number of hydrogen-bond acceptors (Lipinski definition) is 1. The van der Waals surface area contributed by atoms with E-state index in [1.165, 1.54) is 11.1 Å². The Morgan fingerprint density at radius 3 is 2.63 bits per heavy atom. The van der Waals surface area contributed by atoms with Crippen LogP contribution < -0.4 is 4.74 Å². The van der Waals surface area contributed by atoms with E-state index in [0.29, 0.717) is 0 Å². The van der Waals surface area contributed by atoms with Crippen LogP contribution in [-0.2, 0) is 0 Å². The number of benzene rings is 2. The molecule has 2 aromatic carbocycles. The number of ether oxygens (including phenoxy) is 1. The third kappa shape index (κ3) is 3.05. The number of rotatable bonds is 5. The molecule has 0 aliphatic carbocycles. The van der Waals surface area contributed by atoms with Gasteiger partial charge in [0.05, 0.1) is 7.11 Å². The largest absolute Gasteiger partial charge is 0.497 e. The molecule has 0 N–H and O–H groups in total. The van der Waals surface area contributed by atoms with Crippen LogP contribution in [0.25, 0.3) is 0 Å². The van der Waals surface area contributed by atoms with E-state index in [-0.39, 0.29) is 5.92 Å². The Hall–Kier alpha value is -2.02. The van der Waals surface area contributed by atoms with Crippen molar-refractivity contribution >= 4 is 0 Å². The van der Waals surface area contributed by atoms with Crippen molar-refractivity contribution in [3.05, 3.63) is 84.8 Å². The van der Waals surface area contributed by atoms with Crippen molar-refractivity contribution in [3.63, 3.8) is 0 Å². The molecule has 0 saturated carbocycles. The first-order valence-electron chi connectivity index (χ1n) is 6.42. The molecule has 1 unspecified atom stereocenters. The lowest BCUT2D eigenvalue weighted by atomic mass is 9.86. The molecule has 97 valence electrons. The molecule has 0 bridgehead atoms. The summed E-state index contributed by atoms with van der Waals surface area (Å²) in [7, 11) is 1.69. The maximum Gasteiger partial charge on any atom is 0.119 e. The summed E-state index contributed by atoms with van der Waals surface area (Å²) in [6, 6.07) is 16.5. The van der Waals surface area contributed by atoms with Gasteiger partial charge in [0.2, 0.25) is 0 Å². The minimum atomic E-state index is 0.279. The van der Waals surface area contributed by atoms with Gasteiger partial charge >= 0.3 is 0 Å². The second-order valence-corrected chi connectivity index (χ2v) is 4.55. The van der Waals surface area contributed by atoms with Crippen LogP contribution in [0.2, 0.25) is 0 Å². The van der Waals surface area contributed by atoms with Gasteiger partial charge in [-0.25, -0.2) is 0 Å². The predicted octanol–water partition coefficient (Wildman–Crippen LogP) is 4.59. The van der Waals surface area contributed by atoms with E-state index in [4.69, 9.17) is 4.74 Å². The van der Waals surface area contributed by atoms with Crippen LogP contribution in [0.1, 0.15) is 29.0 Å². The molecule has 1 heteroatoms. The van der Waals surface area contributed by atoms with Gasteiger partial charge in [-0.2, -0.15) is 0 Å². The zero-order valence-corrected chi connectivity index (χ0v) is 11.3. The smallest absolute Gasteiger partial charge is 0.119 e. The van der Waals surface area contributed by atoms with Crippen LogP contribution in [0.3, 0.4) is 0 Å². The molecule has 1 nitrogen and oxygen atoms in total. The molecule has 0 aromatic heterocycles. The van der Waals surface area contributed by atoms with E-state index in [1.807, 2.05) is 30.3 Å². The van der Waals surface area contributed by atoms with Crippen LogP contribution in [0.15, 0.2) is 61.2 Å². The minimum Gasteiger partial charge on any atom is -0.497 e. The molecule has 0 amide bonds. The van der Waals surface area contributed by atoms with Gasteiger partial charge in [-0.3, -0.25) is 0 Å². The average Bonchev–Trinajstić information content (AvgIpc) is 2.46. The Kier molecular flexibility index (Phi) is 4.40. The van der Waals surface area contributed by atoms with Crippen molar-refractivity contribution in [1.29, 1.82) is 0 Å². The Balaban J connectivity index is 2.45. The van der Waals surface area contributed by atoms with Crippen LogP contribution in [0, 0.1) is 6.92 Å². The fourth-order valence-electron chi connectivity index (χ4n) is 2.34. The molecule has 2 aromatic rings. The third-order valence-electron chi connectivity index (χ3n) is 3.33. The minimum absolute atomic E-state index is 0.279. The topological polar surface area (TPSA) is 9.23 Å². The van der Waals surface area contributed by atoms with Gasteiger partial charge < -0.3 is 4.74 Å². The lowest BCUT2D eigenvalue weighted by Gasteiger charge is -2.19. The maximum absolute atomic E-state index is 5.31. The van der Waals surface area contributed by atoms with E-state index in [0.717, 1.165) is 17.7 Å². The second kappa shape index (κ2) is 6.24. The van der Waals surface area contributed by atoms with Crippen molar-refractivity contribution in [2.75, 3.05) is 7.11 Å². The van der Waals surface area contributed by atoms with E-state index >= 15 is 0 Å². The van der Waals surface area contributed by atoms with E-state index in [2.05, 4.69) is 37.8 Å². The lowest BCUT2D eigenvalue weighted by Crippen LogP contribution is -2.02. The van der Waals surface area contributed by atoms with Crippen LogP contribution in [0.5, 0.6) is 5.75 Å². The van der Waals surface area contributed by atoms with Gasteiger partial charge in [-0.05, 0) is 42.2 Å². The molecule has 19 heavy (non-hydrogen) atoms. The molecule has 1 radical (unpaired) electrons. The first-order chi connectivity index (χ1) is 9.26. The normalized spacial score (nSPS) is 11.9. The van der Waals surface area contributed by atoms with Gasteiger partial charge in [0.1, 0.15) is 5.75 Å². The number of methoxy groups -OCH3 is 1. The molecule has 2 rings (SSSR count). The summed E-state index contributed by atoms with van der Waals surface area (Å²) < 4.78 is 5.31. The second-order valence-electron chi connectivity index (χ2n) is 4.55. The van der Waals surface area contributed by atoms with Gasteiger partial charge in [-0.1, -0.05) is 42.5 Å². The van der Waals surface area contributed by atoms with Crippen LogP contribution in [0.4, 0.5) is 0 Å². The summed E-state index contributed by atoms with van der Waals surface area (Å²) in [5.41, 5.74) is 3.54. The predicted molar refractivity (Wildman–Crippen MR) is 80.6 cm³/mol. The molecule has 0 aliphatic heterocycles. The molecule has 0 aliphatic rings. The molecule has 0 heterocycles. The summed E-state index contributed by atoms with van der Waals surface area (Å²) >= 11 is 0. The third-order valence-corrected chi connectivity index (χ3v) is 3.33. The highest BCUT2D eigenvalue weighted by Crippen LogP contribution is 2.32. The Bertz CT molecular complexity index is 557. The highest BCUT2D eigenvalue weighted by molar-refractivity contribution is 5.42. The molecular formula is C18H19O.